The van der Waals surface area contributed by atoms with Gasteiger partial charge in [0.2, 0.25) is 0 Å². The summed E-state index contributed by atoms with van der Waals surface area (Å²) in [6.45, 7) is 2.03. The average molecular weight is 272 g/mol. The number of esters is 1. The molecule has 0 bridgehead atoms. The minimum atomic E-state index is -0.969. The van der Waals surface area contributed by atoms with Crippen molar-refractivity contribution < 1.29 is 24.2 Å². The molecule has 0 radical (unpaired) electrons. The van der Waals surface area contributed by atoms with E-state index < -0.39 is 29.9 Å². The molecule has 7 nitrogen and oxygen atoms in total. The maximum Gasteiger partial charge on any atom is 0.328 e. The van der Waals surface area contributed by atoms with Crippen molar-refractivity contribution in [2.24, 2.45) is 5.92 Å². The van der Waals surface area contributed by atoms with Crippen LogP contribution in [0.25, 0.3) is 0 Å². The van der Waals surface area contributed by atoms with Crippen molar-refractivity contribution in [1.29, 1.82) is 0 Å². The van der Waals surface area contributed by atoms with Gasteiger partial charge < -0.3 is 20.1 Å². The minimum Gasteiger partial charge on any atom is -0.481 e. The summed E-state index contributed by atoms with van der Waals surface area (Å²) in [5.41, 5.74) is 0. The normalized spacial score (nSPS) is 20.5. The summed E-state index contributed by atoms with van der Waals surface area (Å²) in [6.07, 6.45) is 2.28. The first kappa shape index (κ1) is 15.3. The highest BCUT2D eigenvalue weighted by Crippen LogP contribution is 2.18. The van der Waals surface area contributed by atoms with Gasteiger partial charge in [-0.05, 0) is 19.3 Å². The monoisotopic (exact) mass is 272 g/mol. The molecule has 1 fully saturated rings. The Balaban J connectivity index is 2.57. The van der Waals surface area contributed by atoms with Gasteiger partial charge in [-0.15, -0.1) is 0 Å². The van der Waals surface area contributed by atoms with Crippen molar-refractivity contribution in [3.8, 4) is 0 Å². The van der Waals surface area contributed by atoms with E-state index in [1.807, 2.05) is 0 Å². The zero-order valence-corrected chi connectivity index (χ0v) is 11.2. The molecule has 1 aliphatic heterocycles. The topological polar surface area (TPSA) is 95.9 Å². The number of nitrogens with one attached hydrogen (secondary N) is 1. The Morgan fingerprint density at radius 1 is 1.42 bits per heavy atom. The zero-order chi connectivity index (χ0) is 14.4. The van der Waals surface area contributed by atoms with E-state index in [-0.39, 0.29) is 6.54 Å². The molecular weight excluding hydrogens is 252 g/mol. The van der Waals surface area contributed by atoms with E-state index in [9.17, 15) is 14.4 Å². The van der Waals surface area contributed by atoms with E-state index in [1.54, 1.807) is 0 Å². The van der Waals surface area contributed by atoms with Crippen LogP contribution in [0.2, 0.25) is 0 Å². The minimum absolute atomic E-state index is 0.0402. The van der Waals surface area contributed by atoms with Crippen LogP contribution in [0.4, 0.5) is 4.79 Å². The first-order valence-corrected chi connectivity index (χ1v) is 6.32. The second-order valence-electron chi connectivity index (χ2n) is 4.65. The van der Waals surface area contributed by atoms with Gasteiger partial charge in [-0.1, -0.05) is 6.92 Å². The fourth-order valence-electron chi connectivity index (χ4n) is 1.98. The molecule has 0 aromatic heterocycles. The van der Waals surface area contributed by atoms with Gasteiger partial charge in [-0.25, -0.2) is 9.59 Å². The van der Waals surface area contributed by atoms with Gasteiger partial charge in [0.1, 0.15) is 6.04 Å². The summed E-state index contributed by atoms with van der Waals surface area (Å²) in [4.78, 5) is 35.6. The lowest BCUT2D eigenvalue weighted by Gasteiger charge is -2.33. The van der Waals surface area contributed by atoms with Gasteiger partial charge in [0, 0.05) is 13.1 Å². The summed E-state index contributed by atoms with van der Waals surface area (Å²) in [5, 5.41) is 11.3. The third kappa shape index (κ3) is 4.11. The van der Waals surface area contributed by atoms with E-state index in [2.05, 4.69) is 10.1 Å². The molecule has 0 spiro atoms. The lowest BCUT2D eigenvalue weighted by Crippen LogP contribution is -2.53. The van der Waals surface area contributed by atoms with Gasteiger partial charge in [-0.2, -0.15) is 0 Å². The maximum absolute atomic E-state index is 12.0. The molecule has 108 valence electrons. The average Bonchev–Trinajstić information content (AvgIpc) is 2.43. The van der Waals surface area contributed by atoms with Crippen LogP contribution in [0.15, 0.2) is 0 Å². The number of carbonyl (C=O) groups excluding carboxylic acids is 2. The molecule has 1 rings (SSSR count). The fraction of sp³-hybridized carbons (Fsp3) is 0.750. The van der Waals surface area contributed by atoms with Crippen LogP contribution in [-0.4, -0.2) is 54.2 Å². The third-order valence-corrected chi connectivity index (χ3v) is 3.22. The molecule has 1 saturated heterocycles. The Kier molecular flexibility index (Phi) is 5.59. The number of urea groups is 1. The molecule has 2 atom stereocenters. The summed E-state index contributed by atoms with van der Waals surface area (Å²) in [5.74, 6) is -2.06. The number of rotatable bonds is 4. The van der Waals surface area contributed by atoms with Crippen LogP contribution in [0, 0.1) is 5.92 Å². The SMILES string of the molecule is COC(=O)C1CCCCN1C(=O)NCC(C)C(=O)O. The number of nitrogens with zero attached hydrogens (tertiary/aromatic N) is 1. The quantitative estimate of drug-likeness (QED) is 0.724. The van der Waals surface area contributed by atoms with E-state index >= 15 is 0 Å². The molecule has 2 N–H and O–H groups in total. The van der Waals surface area contributed by atoms with E-state index in [0.29, 0.717) is 13.0 Å². The lowest BCUT2D eigenvalue weighted by molar-refractivity contribution is -0.147. The van der Waals surface area contributed by atoms with Crippen molar-refractivity contribution in [3.63, 3.8) is 0 Å². The molecule has 2 unspecified atom stereocenters. The van der Waals surface area contributed by atoms with E-state index in [1.165, 1.54) is 18.9 Å². The molecule has 7 heteroatoms. The van der Waals surface area contributed by atoms with Crippen molar-refractivity contribution in [2.45, 2.75) is 32.2 Å². The van der Waals surface area contributed by atoms with Crippen LogP contribution in [-0.2, 0) is 14.3 Å². The predicted molar refractivity (Wildman–Crippen MR) is 66.6 cm³/mol. The van der Waals surface area contributed by atoms with E-state index in [0.717, 1.165) is 12.8 Å². The molecule has 0 saturated carbocycles. The number of aliphatic carboxylic acids is 1. The van der Waals surface area contributed by atoms with Crippen LogP contribution in [0.3, 0.4) is 0 Å². The number of hydrogen-bond acceptors (Lipinski definition) is 4. The molecule has 0 aliphatic carbocycles. The van der Waals surface area contributed by atoms with Crippen LogP contribution in [0.1, 0.15) is 26.2 Å². The molecular formula is C12H20N2O5. The van der Waals surface area contributed by atoms with Crippen molar-refractivity contribution >= 4 is 18.0 Å². The molecule has 1 heterocycles. The molecule has 1 aliphatic rings. The first-order chi connectivity index (χ1) is 8.97. The van der Waals surface area contributed by atoms with Gasteiger partial charge in [0.25, 0.3) is 0 Å². The Hall–Kier alpha value is -1.79. The third-order valence-electron chi connectivity index (χ3n) is 3.22. The number of likely N-dealkylation sites (tertiary alicyclic amines) is 1. The van der Waals surface area contributed by atoms with Crippen LogP contribution in [0.5, 0.6) is 0 Å². The molecule has 19 heavy (non-hydrogen) atoms. The van der Waals surface area contributed by atoms with Gasteiger partial charge in [0.05, 0.1) is 13.0 Å². The van der Waals surface area contributed by atoms with Gasteiger partial charge in [-0.3, -0.25) is 4.79 Å². The highest BCUT2D eigenvalue weighted by atomic mass is 16.5. The Labute approximate surface area is 111 Å². The number of hydrogen-bond donors (Lipinski definition) is 2. The first-order valence-electron chi connectivity index (χ1n) is 6.32. The number of piperidine rings is 1. The predicted octanol–water partition coefficient (Wildman–Crippen LogP) is 0.444. The number of carboxylic acids is 1. The standard InChI is InChI=1S/C12H20N2O5/c1-8(10(15)16)7-13-12(18)14-6-4-3-5-9(14)11(17)19-2/h8-9H,3-7H2,1-2H3,(H,13,18)(H,15,16). The molecule has 0 aromatic carbocycles. The second kappa shape index (κ2) is 6.96. The summed E-state index contributed by atoms with van der Waals surface area (Å²) in [6, 6.07) is -0.984. The Morgan fingerprint density at radius 3 is 2.68 bits per heavy atom. The maximum atomic E-state index is 12.0. The van der Waals surface area contributed by atoms with E-state index in [4.69, 9.17) is 5.11 Å². The lowest BCUT2D eigenvalue weighted by atomic mass is 10.0. The van der Waals surface area contributed by atoms with Gasteiger partial charge in [0.15, 0.2) is 0 Å². The second-order valence-corrected chi connectivity index (χ2v) is 4.65. The fourth-order valence-corrected chi connectivity index (χ4v) is 1.98. The smallest absolute Gasteiger partial charge is 0.328 e. The number of methoxy groups -OCH3 is 1. The Morgan fingerprint density at radius 2 is 2.11 bits per heavy atom. The summed E-state index contributed by atoms with van der Waals surface area (Å²) < 4.78 is 4.68. The van der Waals surface area contributed by atoms with Crippen LogP contribution < -0.4 is 5.32 Å². The Bertz CT molecular complexity index is 358. The summed E-state index contributed by atoms with van der Waals surface area (Å²) >= 11 is 0. The number of ether oxygens (including phenoxy) is 1. The highest BCUT2D eigenvalue weighted by Gasteiger charge is 2.32. The van der Waals surface area contributed by atoms with Crippen molar-refractivity contribution in [3.05, 3.63) is 0 Å². The number of carbonyl (C=O) groups is 3. The highest BCUT2D eigenvalue weighted by molar-refractivity contribution is 5.84. The van der Waals surface area contributed by atoms with Gasteiger partial charge >= 0.3 is 18.0 Å². The van der Waals surface area contributed by atoms with Crippen LogP contribution >= 0.6 is 0 Å². The van der Waals surface area contributed by atoms with Crippen molar-refractivity contribution in [1.82, 2.24) is 10.2 Å². The number of amides is 2. The molecule has 2 amide bonds. The largest absolute Gasteiger partial charge is 0.481 e. The molecule has 0 aromatic rings. The number of carboxylic acid groups (broad SMARTS) is 1. The van der Waals surface area contributed by atoms with Crippen molar-refractivity contribution in [2.75, 3.05) is 20.2 Å². The zero-order valence-electron chi connectivity index (χ0n) is 11.2. The summed E-state index contributed by atoms with van der Waals surface area (Å²) in [7, 11) is 1.29.